The smallest absolute Gasteiger partial charge is 0.254 e. The molecule has 0 aliphatic carbocycles. The SMILES string of the molecule is C[C@@H]1CCC[C@H](n2cnc(-c3cc(Cl)ccc3-n3cc(Cl)nn3)cc2=O)C2CC(CCN2)C2C(CNN2c2ccn[nH]2)NC1. The molecule has 3 aliphatic heterocycles. The molecule has 4 N–H and O–H groups in total. The number of aromatic amines is 1. The Morgan fingerprint density at radius 3 is 2.73 bits per heavy atom. The maximum Gasteiger partial charge on any atom is 0.254 e. The highest BCUT2D eigenvalue weighted by atomic mass is 35.5. The lowest BCUT2D eigenvalue weighted by Gasteiger charge is -2.42. The van der Waals surface area contributed by atoms with Crippen molar-refractivity contribution in [3.8, 4) is 16.9 Å². The Bertz CT molecular complexity index is 1640. The van der Waals surface area contributed by atoms with Crippen molar-refractivity contribution < 1.29 is 0 Å². The Morgan fingerprint density at radius 1 is 1.02 bits per heavy atom. The van der Waals surface area contributed by atoms with Gasteiger partial charge in [0.2, 0.25) is 0 Å². The standard InChI is InChI=1S/C30H37Cl2N11O/c1-18-3-2-4-26(23-11-19(7-9-33-23)30-24(34-14-18)15-37-43(30)28-8-10-36-39-28)41-17-35-22(13-29(41)44)21-12-20(31)5-6-25(21)42-16-27(32)38-40-42/h5-6,8,10,12-13,16-19,23-24,26,30,33-34,37H,2-4,7,9,11,14-15H2,1H3,(H,36,39)/t18-,19?,23?,24?,26+,30?/m1/s1. The fourth-order valence-electron chi connectivity index (χ4n) is 7.29. The minimum Gasteiger partial charge on any atom is -0.312 e. The Hall–Kier alpha value is -3.29. The number of rotatable bonds is 4. The maximum absolute atomic E-state index is 13.9. The van der Waals surface area contributed by atoms with E-state index in [2.05, 4.69) is 48.5 Å². The van der Waals surface area contributed by atoms with Crippen LogP contribution in [0, 0.1) is 11.8 Å². The van der Waals surface area contributed by atoms with Gasteiger partial charge in [0.15, 0.2) is 5.15 Å². The molecule has 6 heterocycles. The average Bonchev–Trinajstić information content (AvgIpc) is 3.79. The van der Waals surface area contributed by atoms with Crippen LogP contribution in [0.15, 0.2) is 53.8 Å². The third-order valence-electron chi connectivity index (χ3n) is 9.43. The topological polar surface area (TPSA) is 134 Å². The number of hydrogen-bond acceptors (Lipinski definition) is 9. The number of benzene rings is 1. The molecule has 0 radical (unpaired) electrons. The Morgan fingerprint density at radius 2 is 1.93 bits per heavy atom. The molecule has 4 unspecified atom stereocenters. The fourth-order valence-corrected chi connectivity index (χ4v) is 7.59. The number of aromatic nitrogens is 7. The van der Waals surface area contributed by atoms with Crippen LogP contribution in [0.4, 0.5) is 5.82 Å². The molecule has 6 atom stereocenters. The third-order valence-corrected chi connectivity index (χ3v) is 9.84. The van der Waals surface area contributed by atoms with Gasteiger partial charge in [-0.2, -0.15) is 5.10 Å². The number of nitrogens with zero attached hydrogens (tertiary/aromatic N) is 7. The second kappa shape index (κ2) is 12.6. The van der Waals surface area contributed by atoms with Crippen LogP contribution in [0.25, 0.3) is 16.9 Å². The normalized spacial score (nSPS) is 27.8. The van der Waals surface area contributed by atoms with Crippen LogP contribution in [0.1, 0.15) is 45.1 Å². The lowest BCUT2D eigenvalue weighted by molar-refractivity contribution is 0.185. The van der Waals surface area contributed by atoms with Crippen LogP contribution >= 0.6 is 23.2 Å². The third kappa shape index (κ3) is 5.89. The molecular weight excluding hydrogens is 601 g/mol. The van der Waals surface area contributed by atoms with Crippen LogP contribution in [-0.2, 0) is 0 Å². The maximum atomic E-state index is 13.9. The predicted octanol–water partition coefficient (Wildman–Crippen LogP) is 3.60. The number of fused-ring (bicyclic) bond motifs is 4. The molecule has 0 amide bonds. The van der Waals surface area contributed by atoms with Crippen molar-refractivity contribution in [3.05, 3.63) is 69.6 Å². The molecule has 3 aromatic heterocycles. The zero-order valence-corrected chi connectivity index (χ0v) is 26.0. The van der Waals surface area contributed by atoms with Gasteiger partial charge in [0.05, 0.1) is 42.2 Å². The van der Waals surface area contributed by atoms with Crippen molar-refractivity contribution in [2.24, 2.45) is 11.8 Å². The number of hydrazine groups is 1. The van der Waals surface area contributed by atoms with E-state index in [1.165, 1.54) is 0 Å². The molecule has 1 aromatic carbocycles. The molecule has 44 heavy (non-hydrogen) atoms. The highest BCUT2D eigenvalue weighted by Crippen LogP contribution is 2.35. The summed E-state index contributed by atoms with van der Waals surface area (Å²) in [4.78, 5) is 18.7. The molecule has 4 aromatic rings. The molecular formula is C30H37Cl2N11O. The molecule has 14 heteroatoms. The Balaban J connectivity index is 1.21. The molecule has 3 aliphatic rings. The van der Waals surface area contributed by atoms with Gasteiger partial charge in [0.1, 0.15) is 5.82 Å². The molecule has 7 rings (SSSR count). The van der Waals surface area contributed by atoms with E-state index in [0.29, 0.717) is 39.8 Å². The molecule has 3 fully saturated rings. The van der Waals surface area contributed by atoms with Crippen molar-refractivity contribution in [1.82, 2.24) is 50.8 Å². The van der Waals surface area contributed by atoms with Crippen LogP contribution in [-0.4, -0.2) is 72.5 Å². The van der Waals surface area contributed by atoms with Crippen molar-refractivity contribution in [1.29, 1.82) is 0 Å². The number of anilines is 1. The second-order valence-corrected chi connectivity index (χ2v) is 13.1. The Kier molecular flexibility index (Phi) is 8.43. The second-order valence-electron chi connectivity index (χ2n) is 12.3. The van der Waals surface area contributed by atoms with Gasteiger partial charge >= 0.3 is 0 Å². The zero-order chi connectivity index (χ0) is 30.2. The van der Waals surface area contributed by atoms with Crippen molar-refractivity contribution in [2.45, 2.75) is 63.2 Å². The number of piperidine rings is 1. The van der Waals surface area contributed by atoms with E-state index in [4.69, 9.17) is 28.2 Å². The van der Waals surface area contributed by atoms with Crippen LogP contribution in [0.2, 0.25) is 10.2 Å². The molecule has 232 valence electrons. The van der Waals surface area contributed by atoms with E-state index in [0.717, 1.165) is 57.6 Å². The first-order valence-electron chi connectivity index (χ1n) is 15.4. The fraction of sp³-hybridized carbons (Fsp3) is 0.500. The van der Waals surface area contributed by atoms with Gasteiger partial charge in [-0.25, -0.2) is 15.1 Å². The first-order chi connectivity index (χ1) is 21.4. The highest BCUT2D eigenvalue weighted by molar-refractivity contribution is 6.31. The zero-order valence-electron chi connectivity index (χ0n) is 24.5. The summed E-state index contributed by atoms with van der Waals surface area (Å²) < 4.78 is 3.40. The summed E-state index contributed by atoms with van der Waals surface area (Å²) in [5.41, 5.74) is 5.42. The van der Waals surface area contributed by atoms with Gasteiger partial charge in [0, 0.05) is 41.3 Å². The summed E-state index contributed by atoms with van der Waals surface area (Å²) in [6.45, 7) is 5.04. The van der Waals surface area contributed by atoms with Gasteiger partial charge in [-0.3, -0.25) is 19.5 Å². The molecule has 3 saturated heterocycles. The van der Waals surface area contributed by atoms with E-state index in [1.54, 1.807) is 41.6 Å². The summed E-state index contributed by atoms with van der Waals surface area (Å²) in [5, 5.41) is 26.1. The van der Waals surface area contributed by atoms with E-state index >= 15 is 0 Å². The summed E-state index contributed by atoms with van der Waals surface area (Å²) in [5.74, 6) is 1.92. The largest absolute Gasteiger partial charge is 0.312 e. The van der Waals surface area contributed by atoms with Crippen molar-refractivity contribution in [3.63, 3.8) is 0 Å². The summed E-state index contributed by atoms with van der Waals surface area (Å²) in [7, 11) is 0. The van der Waals surface area contributed by atoms with E-state index < -0.39 is 0 Å². The van der Waals surface area contributed by atoms with Crippen molar-refractivity contribution >= 4 is 29.0 Å². The number of nitrogens with one attached hydrogen (secondary N) is 4. The number of H-pyrrole nitrogens is 1. The van der Waals surface area contributed by atoms with Gasteiger partial charge < -0.3 is 10.6 Å². The van der Waals surface area contributed by atoms with E-state index in [1.807, 2.05) is 16.7 Å². The van der Waals surface area contributed by atoms with Gasteiger partial charge in [0.25, 0.3) is 5.56 Å². The van der Waals surface area contributed by atoms with Crippen LogP contribution < -0.4 is 26.6 Å². The monoisotopic (exact) mass is 637 g/mol. The number of hydrogen-bond donors (Lipinski definition) is 4. The molecule has 2 bridgehead atoms. The average molecular weight is 639 g/mol. The Labute approximate surface area is 265 Å². The van der Waals surface area contributed by atoms with Gasteiger partial charge in [-0.05, 0) is 68.8 Å². The first-order valence-corrected chi connectivity index (χ1v) is 16.2. The van der Waals surface area contributed by atoms with Gasteiger partial charge in [-0.15, -0.1) is 5.10 Å². The quantitative estimate of drug-likeness (QED) is 0.265. The molecule has 12 nitrogen and oxygen atoms in total. The first kappa shape index (κ1) is 29.4. The van der Waals surface area contributed by atoms with E-state index in [9.17, 15) is 4.79 Å². The summed E-state index contributed by atoms with van der Waals surface area (Å²) >= 11 is 12.4. The lowest BCUT2D eigenvalue weighted by atomic mass is 9.79. The lowest BCUT2D eigenvalue weighted by Crippen LogP contribution is -2.55. The van der Waals surface area contributed by atoms with Crippen LogP contribution in [0.5, 0.6) is 0 Å². The summed E-state index contributed by atoms with van der Waals surface area (Å²) in [6, 6.07) is 9.69. The van der Waals surface area contributed by atoms with E-state index in [-0.39, 0.29) is 28.8 Å². The predicted molar refractivity (Wildman–Crippen MR) is 170 cm³/mol. The van der Waals surface area contributed by atoms with Crippen molar-refractivity contribution in [2.75, 3.05) is 24.6 Å². The van der Waals surface area contributed by atoms with Gasteiger partial charge in [-0.1, -0.05) is 41.8 Å². The molecule has 0 spiro atoms. The number of halogens is 2. The molecule has 0 saturated carbocycles. The highest BCUT2D eigenvalue weighted by Gasteiger charge is 2.43. The minimum atomic E-state index is -0.0900. The minimum absolute atomic E-state index is 0.0205. The summed E-state index contributed by atoms with van der Waals surface area (Å²) in [6.07, 6.45) is 10.1. The van der Waals surface area contributed by atoms with Crippen LogP contribution in [0.3, 0.4) is 0 Å².